The quantitative estimate of drug-likeness (QED) is 0.267. The van der Waals surface area contributed by atoms with Crippen LogP contribution in [-0.4, -0.2) is 78.5 Å². The van der Waals surface area contributed by atoms with Crippen molar-refractivity contribution in [2.75, 3.05) is 44.8 Å². The number of allylic oxidation sites excluding steroid dienone is 1. The van der Waals surface area contributed by atoms with E-state index in [-0.39, 0.29) is 46.4 Å². The zero-order chi connectivity index (χ0) is 29.1. The lowest BCUT2D eigenvalue weighted by molar-refractivity contribution is -0.153. The van der Waals surface area contributed by atoms with E-state index in [1.54, 1.807) is 0 Å². The van der Waals surface area contributed by atoms with E-state index in [0.29, 0.717) is 37.4 Å². The zero-order valence-electron chi connectivity index (χ0n) is 21.4. The summed E-state index contributed by atoms with van der Waals surface area (Å²) >= 11 is 5.85. The van der Waals surface area contributed by atoms with Gasteiger partial charge in [0.2, 0.25) is 0 Å². The summed E-state index contributed by atoms with van der Waals surface area (Å²) in [4.78, 5) is 22.9. The Morgan fingerprint density at radius 1 is 1.15 bits per heavy atom. The minimum atomic E-state index is -4.65. The van der Waals surface area contributed by atoms with Crippen molar-refractivity contribution in [2.45, 2.75) is 24.8 Å². The van der Waals surface area contributed by atoms with Crippen molar-refractivity contribution in [3.8, 4) is 5.75 Å². The molecule has 8 nitrogen and oxygen atoms in total. The third kappa shape index (κ3) is 7.28. The Kier molecular flexibility index (Phi) is 8.68. The van der Waals surface area contributed by atoms with E-state index >= 15 is 0 Å². The molecule has 0 unspecified atom stereocenters. The number of hydrogen-bond acceptors (Lipinski definition) is 8. The topological polar surface area (TPSA) is 85.8 Å². The van der Waals surface area contributed by atoms with Gasteiger partial charge in [0.1, 0.15) is 23.7 Å². The van der Waals surface area contributed by atoms with E-state index in [2.05, 4.69) is 15.3 Å². The van der Waals surface area contributed by atoms with E-state index in [4.69, 9.17) is 25.8 Å². The lowest BCUT2D eigenvalue weighted by atomic mass is 10.0. The highest BCUT2D eigenvalue weighted by Gasteiger charge is 2.36. The van der Waals surface area contributed by atoms with Crippen LogP contribution in [0.15, 0.2) is 48.6 Å². The molecule has 0 amide bonds. The second kappa shape index (κ2) is 12.2. The fraction of sp³-hybridized carbons (Fsp3) is 0.370. The molecule has 1 N–H and O–H groups in total. The third-order valence-corrected chi connectivity index (χ3v) is 6.87. The number of ether oxygens (including phenoxy) is 3. The van der Waals surface area contributed by atoms with E-state index in [9.17, 15) is 26.7 Å². The zero-order valence-corrected chi connectivity index (χ0v) is 22.1. The fourth-order valence-corrected chi connectivity index (χ4v) is 4.82. The van der Waals surface area contributed by atoms with Gasteiger partial charge in [-0.05, 0) is 30.3 Å². The number of nitrogens with zero attached hydrogens (tertiary/aromatic N) is 3. The number of fused-ring (bicyclic) bond motifs is 2. The van der Waals surface area contributed by atoms with Gasteiger partial charge in [0, 0.05) is 48.8 Å². The number of halogens is 6. The van der Waals surface area contributed by atoms with Gasteiger partial charge in [-0.2, -0.15) is 13.2 Å². The van der Waals surface area contributed by atoms with Gasteiger partial charge in [0.05, 0.1) is 36.0 Å². The fourth-order valence-electron chi connectivity index (χ4n) is 4.64. The van der Waals surface area contributed by atoms with Crippen molar-refractivity contribution >= 4 is 39.8 Å². The Bertz CT molecular complexity index is 1460. The summed E-state index contributed by atoms with van der Waals surface area (Å²) in [5, 5.41) is 3.11. The molecule has 2 atom stereocenters. The number of anilines is 2. The number of carbonyl (C=O) groups excluding carboxylic acids is 1. The molecule has 3 aromatic rings. The predicted octanol–water partition coefficient (Wildman–Crippen LogP) is 5.17. The lowest BCUT2D eigenvalue weighted by Gasteiger charge is -2.24. The number of nitrogens with one attached hydrogen (secondary N) is 1. The second-order valence-corrected chi connectivity index (χ2v) is 9.95. The van der Waals surface area contributed by atoms with Crippen LogP contribution in [0, 0.1) is 5.82 Å². The Morgan fingerprint density at radius 2 is 1.88 bits per heavy atom. The molecule has 41 heavy (non-hydrogen) atoms. The highest BCUT2D eigenvalue weighted by Crippen LogP contribution is 2.32. The Hall–Kier alpha value is -3.39. The van der Waals surface area contributed by atoms with Crippen LogP contribution in [-0.2, 0) is 20.7 Å². The van der Waals surface area contributed by atoms with E-state index in [1.807, 2.05) is 4.90 Å². The van der Waals surface area contributed by atoms with Gasteiger partial charge in [0.25, 0.3) is 0 Å². The average molecular weight is 599 g/mol. The summed E-state index contributed by atoms with van der Waals surface area (Å²) in [5.41, 5.74) is 0.567. The van der Waals surface area contributed by atoms with Crippen molar-refractivity contribution in [1.29, 1.82) is 0 Å². The molecule has 2 saturated heterocycles. The lowest BCUT2D eigenvalue weighted by Crippen LogP contribution is -2.36. The van der Waals surface area contributed by atoms with Crippen LogP contribution in [0.2, 0.25) is 5.02 Å². The molecular formula is C27H24ClF5N4O4. The van der Waals surface area contributed by atoms with Crippen molar-refractivity contribution in [1.82, 2.24) is 14.9 Å². The van der Waals surface area contributed by atoms with Gasteiger partial charge in [0.15, 0.2) is 18.2 Å². The third-order valence-electron chi connectivity index (χ3n) is 6.58. The molecule has 14 heteroatoms. The van der Waals surface area contributed by atoms with Gasteiger partial charge in [-0.1, -0.05) is 11.6 Å². The van der Waals surface area contributed by atoms with Crippen molar-refractivity contribution in [3.05, 3.63) is 65.0 Å². The molecule has 2 aromatic carbocycles. The number of carbonyl (C=O) groups is 1. The first-order valence-electron chi connectivity index (χ1n) is 12.6. The molecule has 2 aliphatic heterocycles. The number of likely N-dealkylation sites (tertiary alicyclic amines) is 1. The summed E-state index contributed by atoms with van der Waals surface area (Å²) < 4.78 is 83.6. The molecule has 0 spiro atoms. The maximum absolute atomic E-state index is 14.9. The molecule has 218 valence electrons. The highest BCUT2D eigenvalue weighted by molar-refractivity contribution is 6.31. The average Bonchev–Trinajstić information content (AvgIpc) is 3.35. The van der Waals surface area contributed by atoms with Gasteiger partial charge in [-0.25, -0.2) is 18.7 Å². The molecule has 0 saturated carbocycles. The molecule has 2 fully saturated rings. The monoisotopic (exact) mass is 598 g/mol. The molecular weight excluding hydrogens is 575 g/mol. The number of benzene rings is 2. The first-order chi connectivity index (χ1) is 19.6. The Morgan fingerprint density at radius 3 is 2.56 bits per heavy atom. The maximum Gasteiger partial charge on any atom is 0.422 e. The number of aromatic nitrogens is 2. The Balaban J connectivity index is 1.38. The van der Waals surface area contributed by atoms with E-state index in [0.717, 1.165) is 12.1 Å². The van der Waals surface area contributed by atoms with Gasteiger partial charge >= 0.3 is 6.18 Å². The van der Waals surface area contributed by atoms with E-state index < -0.39 is 36.6 Å². The molecule has 1 aromatic heterocycles. The smallest absolute Gasteiger partial charge is 0.422 e. The van der Waals surface area contributed by atoms with Gasteiger partial charge < -0.3 is 19.5 Å². The molecule has 3 heterocycles. The molecule has 0 aliphatic carbocycles. The summed E-state index contributed by atoms with van der Waals surface area (Å²) in [6.45, 7) is 0.540. The first kappa shape index (κ1) is 29.1. The normalized spacial score (nSPS) is 19.8. The van der Waals surface area contributed by atoms with Crippen molar-refractivity contribution in [2.24, 2.45) is 0 Å². The number of ketones is 1. The molecule has 5 rings (SSSR count). The van der Waals surface area contributed by atoms with Crippen LogP contribution >= 0.6 is 11.6 Å². The second-order valence-electron chi connectivity index (χ2n) is 9.55. The summed E-state index contributed by atoms with van der Waals surface area (Å²) in [6, 6.07) is 6.46. The molecule has 0 bridgehead atoms. The molecule has 0 radical (unpaired) electrons. The van der Waals surface area contributed by atoms with Crippen LogP contribution < -0.4 is 10.1 Å². The number of alkyl halides is 3. The van der Waals surface area contributed by atoms with Gasteiger partial charge in [-0.3, -0.25) is 9.69 Å². The van der Waals surface area contributed by atoms with Crippen LogP contribution in [0.1, 0.15) is 5.56 Å². The van der Waals surface area contributed by atoms with E-state index in [1.165, 1.54) is 30.6 Å². The summed E-state index contributed by atoms with van der Waals surface area (Å²) in [7, 11) is 0. The Labute approximate surface area is 236 Å². The van der Waals surface area contributed by atoms with Crippen LogP contribution in [0.4, 0.5) is 33.5 Å². The van der Waals surface area contributed by atoms with Gasteiger partial charge in [-0.15, -0.1) is 0 Å². The number of hydrogen-bond donors (Lipinski definition) is 1. The van der Waals surface area contributed by atoms with Crippen molar-refractivity contribution in [3.63, 3.8) is 0 Å². The highest BCUT2D eigenvalue weighted by atomic mass is 35.5. The SMILES string of the molecule is O=C(Cc1cc2c(Nc3ccc(F)c(Cl)c3)ncnc2cc1OCC(F)(F)F)/C(F)=C/CN1C[C@@H]2OCCO[C@@H]2C1. The van der Waals surface area contributed by atoms with Crippen LogP contribution in [0.25, 0.3) is 10.9 Å². The van der Waals surface area contributed by atoms with Crippen LogP contribution in [0.3, 0.4) is 0 Å². The minimum absolute atomic E-state index is 0.000666. The predicted molar refractivity (Wildman–Crippen MR) is 140 cm³/mol. The largest absolute Gasteiger partial charge is 0.484 e. The maximum atomic E-state index is 14.9. The number of Topliss-reactive ketones (excluding diaryl/α,β-unsaturated/α-hetero) is 1. The minimum Gasteiger partial charge on any atom is -0.484 e. The molecule has 2 aliphatic rings. The number of rotatable bonds is 9. The van der Waals surface area contributed by atoms with Crippen LogP contribution in [0.5, 0.6) is 5.75 Å². The summed E-state index contributed by atoms with van der Waals surface area (Å²) in [6.07, 6.45) is -3.16. The summed E-state index contributed by atoms with van der Waals surface area (Å²) in [5.74, 6) is -2.68. The standard InChI is InChI=1S/C27H24ClF5N4O4/c28-18-9-16(1-2-19(18)29)36-26-17-7-15(23(41-13-27(31,32)33)10-21(17)34-14-35-26)8-22(38)20(30)3-4-37-11-24-25(12-37)40-6-5-39-24/h1-3,7,9-10,14,24-25H,4-6,8,11-13H2,(H,34,35,36)/b20-3-/t24-,25+. The van der Waals surface area contributed by atoms with Crippen molar-refractivity contribution < 1.29 is 41.0 Å². The first-order valence-corrected chi connectivity index (χ1v) is 13.0.